The van der Waals surface area contributed by atoms with Crippen LogP contribution in [0.2, 0.25) is 0 Å². The third kappa shape index (κ3) is 2.25. The minimum atomic E-state index is -0.582. The maximum Gasteiger partial charge on any atom is 0.239 e. The van der Waals surface area contributed by atoms with Crippen LogP contribution >= 0.6 is 11.3 Å². The fourth-order valence-electron chi connectivity index (χ4n) is 0.860. The fraction of sp³-hybridized carbons (Fsp3) is 0.400. The number of carbonyl (C=O) groups is 2. The number of ketones is 2. The third-order valence-electron chi connectivity index (χ3n) is 1.63. The van der Waals surface area contributed by atoms with Crippen LogP contribution in [-0.4, -0.2) is 11.6 Å². The molecule has 0 fully saturated rings. The first-order valence-corrected chi connectivity index (χ1v) is 4.93. The van der Waals surface area contributed by atoms with Crippen molar-refractivity contribution >= 4 is 22.9 Å². The van der Waals surface area contributed by atoms with Gasteiger partial charge in [-0.15, -0.1) is 11.3 Å². The molecule has 1 aromatic heterocycles. The average molecular weight is 196 g/mol. The molecular weight excluding hydrogens is 184 g/mol. The van der Waals surface area contributed by atoms with Crippen LogP contribution in [-0.2, 0) is 4.79 Å². The maximum absolute atomic E-state index is 11.5. The molecular formula is C10H12O2S. The molecule has 0 spiro atoms. The zero-order valence-corrected chi connectivity index (χ0v) is 8.77. The van der Waals surface area contributed by atoms with Gasteiger partial charge in [-0.3, -0.25) is 9.59 Å². The van der Waals surface area contributed by atoms with Crippen LogP contribution in [0.5, 0.6) is 0 Å². The molecule has 3 heteroatoms. The van der Waals surface area contributed by atoms with E-state index in [-0.39, 0.29) is 11.6 Å². The summed E-state index contributed by atoms with van der Waals surface area (Å²) in [5, 5.41) is 1.79. The van der Waals surface area contributed by atoms with Crippen molar-refractivity contribution in [3.05, 3.63) is 22.4 Å². The summed E-state index contributed by atoms with van der Waals surface area (Å²) in [6.07, 6.45) is 0. The van der Waals surface area contributed by atoms with Crippen molar-refractivity contribution in [1.82, 2.24) is 0 Å². The summed E-state index contributed by atoms with van der Waals surface area (Å²) in [6, 6.07) is 3.45. The quantitative estimate of drug-likeness (QED) is 0.538. The Labute approximate surface area is 81.6 Å². The lowest BCUT2D eigenvalue weighted by Crippen LogP contribution is -2.28. The van der Waals surface area contributed by atoms with Crippen LogP contribution in [0.25, 0.3) is 0 Å². The lowest BCUT2D eigenvalue weighted by molar-refractivity contribution is -0.121. The van der Waals surface area contributed by atoms with E-state index in [0.717, 1.165) is 0 Å². The minimum Gasteiger partial charge on any atom is -0.290 e. The molecule has 0 aliphatic rings. The highest BCUT2D eigenvalue weighted by Gasteiger charge is 2.29. The van der Waals surface area contributed by atoms with Gasteiger partial charge in [0.25, 0.3) is 0 Å². The van der Waals surface area contributed by atoms with Gasteiger partial charge in [0, 0.05) is 5.41 Å². The highest BCUT2D eigenvalue weighted by molar-refractivity contribution is 7.13. The predicted molar refractivity (Wildman–Crippen MR) is 53.1 cm³/mol. The zero-order valence-electron chi connectivity index (χ0n) is 7.96. The average Bonchev–Trinajstić information content (AvgIpc) is 2.51. The molecule has 0 N–H and O–H groups in total. The molecule has 1 heterocycles. The van der Waals surface area contributed by atoms with Gasteiger partial charge in [-0.2, -0.15) is 0 Å². The lowest BCUT2D eigenvalue weighted by Gasteiger charge is -2.14. The molecule has 0 unspecified atom stereocenters. The Hall–Kier alpha value is -0.960. The summed E-state index contributed by atoms with van der Waals surface area (Å²) in [5.41, 5.74) is -0.582. The van der Waals surface area contributed by atoms with Gasteiger partial charge in [0.2, 0.25) is 11.6 Å². The topological polar surface area (TPSA) is 34.1 Å². The Morgan fingerprint density at radius 2 is 1.92 bits per heavy atom. The fourth-order valence-corrected chi connectivity index (χ4v) is 1.52. The zero-order chi connectivity index (χ0) is 10.1. The van der Waals surface area contributed by atoms with E-state index in [9.17, 15) is 9.59 Å². The number of hydrogen-bond acceptors (Lipinski definition) is 3. The van der Waals surface area contributed by atoms with Crippen molar-refractivity contribution in [2.75, 3.05) is 0 Å². The van der Waals surface area contributed by atoms with Crippen molar-refractivity contribution in [2.24, 2.45) is 5.41 Å². The summed E-state index contributed by atoms with van der Waals surface area (Å²) < 4.78 is 0. The van der Waals surface area contributed by atoms with Crippen LogP contribution in [0.15, 0.2) is 17.5 Å². The van der Waals surface area contributed by atoms with Gasteiger partial charge in [-0.05, 0) is 11.4 Å². The van der Waals surface area contributed by atoms with Crippen molar-refractivity contribution in [1.29, 1.82) is 0 Å². The lowest BCUT2D eigenvalue weighted by atomic mass is 9.88. The summed E-state index contributed by atoms with van der Waals surface area (Å²) in [4.78, 5) is 23.6. The molecule has 0 saturated heterocycles. The van der Waals surface area contributed by atoms with Gasteiger partial charge in [0.1, 0.15) is 0 Å². The van der Waals surface area contributed by atoms with Crippen molar-refractivity contribution < 1.29 is 9.59 Å². The Balaban J connectivity index is 2.88. The number of Topliss-reactive ketones (excluding diaryl/α,β-unsaturated/α-hetero) is 2. The molecule has 0 saturated carbocycles. The van der Waals surface area contributed by atoms with E-state index >= 15 is 0 Å². The van der Waals surface area contributed by atoms with Gasteiger partial charge in [-0.1, -0.05) is 26.8 Å². The van der Waals surface area contributed by atoms with E-state index in [1.54, 1.807) is 38.3 Å². The third-order valence-corrected chi connectivity index (χ3v) is 2.50. The molecule has 1 rings (SSSR count). The summed E-state index contributed by atoms with van der Waals surface area (Å²) in [7, 11) is 0. The van der Waals surface area contributed by atoms with Crippen LogP contribution < -0.4 is 0 Å². The smallest absolute Gasteiger partial charge is 0.239 e. The molecule has 0 atom stereocenters. The molecule has 0 amide bonds. The van der Waals surface area contributed by atoms with Crippen LogP contribution in [0.4, 0.5) is 0 Å². The molecule has 0 radical (unpaired) electrons. The molecule has 2 nitrogen and oxygen atoms in total. The van der Waals surface area contributed by atoms with E-state index in [4.69, 9.17) is 0 Å². The van der Waals surface area contributed by atoms with Gasteiger partial charge in [0.05, 0.1) is 4.88 Å². The Morgan fingerprint density at radius 3 is 2.31 bits per heavy atom. The van der Waals surface area contributed by atoms with Gasteiger partial charge < -0.3 is 0 Å². The minimum absolute atomic E-state index is 0.324. The highest BCUT2D eigenvalue weighted by atomic mass is 32.1. The monoisotopic (exact) mass is 196 g/mol. The molecule has 0 aliphatic carbocycles. The Morgan fingerprint density at radius 1 is 1.31 bits per heavy atom. The molecule has 1 aromatic rings. The standard InChI is InChI=1S/C10H12O2S/c1-10(2,3)9(12)8(11)7-5-4-6-13-7/h4-6H,1-3H3. The molecule has 0 bridgehead atoms. The number of rotatable bonds is 2. The van der Waals surface area contributed by atoms with Crippen LogP contribution in [0, 0.1) is 5.41 Å². The van der Waals surface area contributed by atoms with Crippen molar-refractivity contribution in [2.45, 2.75) is 20.8 Å². The number of hydrogen-bond donors (Lipinski definition) is 0. The summed E-state index contributed by atoms with van der Waals surface area (Å²) >= 11 is 1.31. The van der Waals surface area contributed by atoms with E-state index in [2.05, 4.69) is 0 Å². The second-order valence-electron chi connectivity index (χ2n) is 3.89. The van der Waals surface area contributed by atoms with Gasteiger partial charge >= 0.3 is 0 Å². The summed E-state index contributed by atoms with van der Waals surface area (Å²) in [6.45, 7) is 5.25. The van der Waals surface area contributed by atoms with E-state index in [1.165, 1.54) is 11.3 Å². The second kappa shape index (κ2) is 3.42. The Kier molecular flexibility index (Phi) is 2.66. The van der Waals surface area contributed by atoms with Crippen molar-refractivity contribution in [3.63, 3.8) is 0 Å². The van der Waals surface area contributed by atoms with E-state index in [1.807, 2.05) is 0 Å². The Bertz CT molecular complexity index is 317. The predicted octanol–water partition coefficient (Wildman–Crippen LogP) is 2.55. The molecule has 0 aromatic carbocycles. The largest absolute Gasteiger partial charge is 0.290 e. The number of thiophene rings is 1. The normalized spacial score (nSPS) is 11.3. The van der Waals surface area contributed by atoms with Gasteiger partial charge in [0.15, 0.2) is 0 Å². The second-order valence-corrected chi connectivity index (χ2v) is 4.83. The van der Waals surface area contributed by atoms with Crippen molar-refractivity contribution in [3.8, 4) is 0 Å². The number of carbonyl (C=O) groups excluding carboxylic acids is 2. The van der Waals surface area contributed by atoms with E-state index in [0.29, 0.717) is 4.88 Å². The highest BCUT2D eigenvalue weighted by Crippen LogP contribution is 2.19. The first kappa shape index (κ1) is 10.1. The SMILES string of the molecule is CC(C)(C)C(=O)C(=O)c1cccs1. The maximum atomic E-state index is 11.5. The molecule has 70 valence electrons. The first-order chi connectivity index (χ1) is 5.93. The molecule has 0 aliphatic heterocycles. The van der Waals surface area contributed by atoms with Crippen LogP contribution in [0.1, 0.15) is 30.4 Å². The van der Waals surface area contributed by atoms with Gasteiger partial charge in [-0.25, -0.2) is 0 Å². The summed E-state index contributed by atoms with van der Waals surface area (Å²) in [5.74, 6) is -0.697. The van der Waals surface area contributed by atoms with Crippen LogP contribution in [0.3, 0.4) is 0 Å². The first-order valence-electron chi connectivity index (χ1n) is 4.05. The van der Waals surface area contributed by atoms with E-state index < -0.39 is 5.41 Å². The molecule has 13 heavy (non-hydrogen) atoms.